The van der Waals surface area contributed by atoms with Gasteiger partial charge in [-0.1, -0.05) is 36.8 Å². The number of ether oxygens (including phenoxy) is 1. The zero-order valence-electron chi connectivity index (χ0n) is 16.0. The van der Waals surface area contributed by atoms with E-state index in [-0.39, 0.29) is 11.3 Å². The Morgan fingerprint density at radius 1 is 1.22 bits per heavy atom. The van der Waals surface area contributed by atoms with Gasteiger partial charge in [0.2, 0.25) is 5.91 Å². The zero-order valence-corrected chi connectivity index (χ0v) is 16.0. The number of fused-ring (bicyclic) bond motifs is 2. The Labute approximate surface area is 161 Å². The van der Waals surface area contributed by atoms with E-state index in [1.165, 1.54) is 36.8 Å². The normalized spacial score (nSPS) is 26.3. The van der Waals surface area contributed by atoms with Crippen LogP contribution < -0.4 is 5.32 Å². The molecular weight excluding hydrogens is 336 g/mol. The zero-order chi connectivity index (χ0) is 18.7. The van der Waals surface area contributed by atoms with Crippen molar-refractivity contribution in [3.63, 3.8) is 0 Å². The number of carbonyl (C=O) groups excluding carboxylic acids is 1. The summed E-state index contributed by atoms with van der Waals surface area (Å²) in [6.07, 6.45) is 7.58. The molecule has 0 spiro atoms. The predicted molar refractivity (Wildman–Crippen MR) is 105 cm³/mol. The molecular formula is C23H28N2O2. The van der Waals surface area contributed by atoms with Gasteiger partial charge in [0, 0.05) is 25.1 Å². The van der Waals surface area contributed by atoms with E-state index in [2.05, 4.69) is 52.8 Å². The molecule has 2 bridgehead atoms. The second-order valence-corrected chi connectivity index (χ2v) is 7.93. The minimum absolute atomic E-state index is 0.00159. The van der Waals surface area contributed by atoms with Crippen LogP contribution in [0.4, 0.5) is 0 Å². The highest BCUT2D eigenvalue weighted by atomic mass is 16.5. The van der Waals surface area contributed by atoms with Crippen LogP contribution in [0.15, 0.2) is 48.7 Å². The summed E-state index contributed by atoms with van der Waals surface area (Å²) in [5.74, 6) is 1.56. The molecule has 2 aliphatic rings. The molecule has 1 N–H and O–H groups in total. The molecule has 2 saturated carbocycles. The van der Waals surface area contributed by atoms with Gasteiger partial charge in [0.25, 0.3) is 0 Å². The predicted octanol–water partition coefficient (Wildman–Crippen LogP) is 3.84. The number of amides is 1. The molecule has 4 nitrogen and oxygen atoms in total. The van der Waals surface area contributed by atoms with Crippen LogP contribution >= 0.6 is 0 Å². The molecule has 1 aromatic carbocycles. The fourth-order valence-electron chi connectivity index (χ4n) is 5.24. The van der Waals surface area contributed by atoms with Crippen LogP contribution in [-0.4, -0.2) is 24.5 Å². The molecule has 1 amide bonds. The molecule has 4 heteroatoms. The van der Waals surface area contributed by atoms with Gasteiger partial charge in [-0.05, 0) is 54.4 Å². The van der Waals surface area contributed by atoms with Crippen molar-refractivity contribution in [1.29, 1.82) is 0 Å². The van der Waals surface area contributed by atoms with Crippen molar-refractivity contribution in [3.05, 3.63) is 65.5 Å². The number of hydrogen-bond acceptors (Lipinski definition) is 3. The van der Waals surface area contributed by atoms with Gasteiger partial charge in [-0.25, -0.2) is 0 Å². The lowest BCUT2D eigenvalue weighted by Crippen LogP contribution is -2.34. The van der Waals surface area contributed by atoms with E-state index in [9.17, 15) is 4.79 Å². The van der Waals surface area contributed by atoms with E-state index < -0.39 is 0 Å². The van der Waals surface area contributed by atoms with Gasteiger partial charge in [0.05, 0.1) is 18.9 Å². The maximum atomic E-state index is 11.3. The molecule has 1 heterocycles. The Morgan fingerprint density at radius 3 is 2.78 bits per heavy atom. The molecule has 4 rings (SSSR count). The maximum Gasteiger partial charge on any atom is 0.222 e. The van der Waals surface area contributed by atoms with E-state index in [1.54, 1.807) is 7.05 Å². The third kappa shape index (κ3) is 3.51. The topological polar surface area (TPSA) is 51.2 Å². The monoisotopic (exact) mass is 364 g/mol. The van der Waals surface area contributed by atoms with E-state index >= 15 is 0 Å². The van der Waals surface area contributed by atoms with Crippen molar-refractivity contribution in [1.82, 2.24) is 10.3 Å². The van der Waals surface area contributed by atoms with Crippen LogP contribution in [0.1, 0.15) is 48.9 Å². The lowest BCUT2D eigenvalue weighted by atomic mass is 9.64. The highest BCUT2D eigenvalue weighted by molar-refractivity contribution is 5.75. The summed E-state index contributed by atoms with van der Waals surface area (Å²) in [7, 11) is 1.64. The van der Waals surface area contributed by atoms with Crippen molar-refractivity contribution in [3.8, 4) is 0 Å². The Balaban J connectivity index is 1.56. The number of carbonyl (C=O) groups is 1. The minimum atomic E-state index is 0.00159. The van der Waals surface area contributed by atoms with E-state index in [0.29, 0.717) is 25.6 Å². The van der Waals surface area contributed by atoms with E-state index in [4.69, 9.17) is 4.74 Å². The van der Waals surface area contributed by atoms with Crippen LogP contribution in [0.3, 0.4) is 0 Å². The first-order valence-corrected chi connectivity index (χ1v) is 10.0. The molecule has 0 aliphatic heterocycles. The van der Waals surface area contributed by atoms with Gasteiger partial charge < -0.3 is 10.1 Å². The third-order valence-corrected chi connectivity index (χ3v) is 6.47. The minimum Gasteiger partial charge on any atom is -0.375 e. The molecule has 1 aromatic heterocycles. The lowest BCUT2D eigenvalue weighted by molar-refractivity contribution is -0.121. The summed E-state index contributed by atoms with van der Waals surface area (Å²) < 4.78 is 5.69. The Bertz CT molecular complexity index is 792. The van der Waals surface area contributed by atoms with Crippen LogP contribution in [0.5, 0.6) is 0 Å². The fraction of sp³-hybridized carbons (Fsp3) is 0.478. The van der Waals surface area contributed by atoms with Crippen molar-refractivity contribution in [2.24, 2.45) is 11.8 Å². The lowest BCUT2D eigenvalue weighted by Gasteiger charge is -2.39. The maximum absolute atomic E-state index is 11.3. The van der Waals surface area contributed by atoms with Gasteiger partial charge >= 0.3 is 0 Å². The smallest absolute Gasteiger partial charge is 0.222 e. The highest BCUT2D eigenvalue weighted by Crippen LogP contribution is 2.59. The molecule has 2 aliphatic carbocycles. The molecule has 142 valence electrons. The Kier molecular flexibility index (Phi) is 5.26. The number of nitrogens with zero attached hydrogens (tertiary/aromatic N) is 1. The third-order valence-electron chi connectivity index (χ3n) is 6.47. The summed E-state index contributed by atoms with van der Waals surface area (Å²) in [6, 6.07) is 15.4. The first kappa shape index (κ1) is 18.2. The summed E-state index contributed by atoms with van der Waals surface area (Å²) in [4.78, 5) is 15.8. The van der Waals surface area contributed by atoms with Gasteiger partial charge in [0.1, 0.15) is 0 Å². The van der Waals surface area contributed by atoms with E-state index in [1.807, 2.05) is 6.20 Å². The molecule has 2 unspecified atom stereocenters. The number of rotatable bonds is 7. The molecule has 27 heavy (non-hydrogen) atoms. The molecule has 2 fully saturated rings. The van der Waals surface area contributed by atoms with Crippen LogP contribution in [-0.2, 0) is 21.6 Å². The molecule has 3 atom stereocenters. The van der Waals surface area contributed by atoms with Crippen LogP contribution in [0, 0.1) is 11.8 Å². The second kappa shape index (κ2) is 7.81. The first-order chi connectivity index (χ1) is 13.2. The largest absolute Gasteiger partial charge is 0.375 e. The number of nitrogens with one attached hydrogen (secondary N) is 1. The number of aromatic nitrogens is 1. The van der Waals surface area contributed by atoms with Crippen molar-refractivity contribution in [2.45, 2.75) is 44.1 Å². The summed E-state index contributed by atoms with van der Waals surface area (Å²) in [5.41, 5.74) is 3.88. The number of hydrogen-bond donors (Lipinski definition) is 1. The highest BCUT2D eigenvalue weighted by Gasteiger charge is 2.52. The number of benzene rings is 1. The summed E-state index contributed by atoms with van der Waals surface area (Å²) >= 11 is 0. The average molecular weight is 364 g/mol. The second-order valence-electron chi connectivity index (χ2n) is 7.93. The SMILES string of the molecule is CNC(=O)CCOCc1cc([C@@]2(c3ccccc3)CC3CCC2C3)ccn1. The van der Waals surface area contributed by atoms with Crippen molar-refractivity contribution >= 4 is 5.91 Å². The standard InChI is InChI=1S/C23H28N2O2/c1-24-22(26)10-12-27-16-21-14-20(9-11-25-21)23(18-5-3-2-4-6-18)15-17-7-8-19(23)13-17/h2-6,9,11,14,17,19H,7-8,10,12-13,15-16H2,1H3,(H,24,26)/t17?,19?,23-/m1/s1. The van der Waals surface area contributed by atoms with Crippen molar-refractivity contribution in [2.75, 3.05) is 13.7 Å². The van der Waals surface area contributed by atoms with Crippen molar-refractivity contribution < 1.29 is 9.53 Å². The van der Waals surface area contributed by atoms with Crippen LogP contribution in [0.2, 0.25) is 0 Å². The molecule has 0 saturated heterocycles. The van der Waals surface area contributed by atoms with Gasteiger partial charge in [0.15, 0.2) is 0 Å². The summed E-state index contributed by atoms with van der Waals surface area (Å²) in [6.45, 7) is 0.865. The van der Waals surface area contributed by atoms with Gasteiger partial charge in [-0.15, -0.1) is 0 Å². The first-order valence-electron chi connectivity index (χ1n) is 10.0. The average Bonchev–Trinajstić information content (AvgIpc) is 3.34. The van der Waals surface area contributed by atoms with Gasteiger partial charge in [-0.2, -0.15) is 0 Å². The molecule has 2 aromatic rings. The van der Waals surface area contributed by atoms with E-state index in [0.717, 1.165) is 11.6 Å². The quantitative estimate of drug-likeness (QED) is 0.760. The fourth-order valence-corrected chi connectivity index (χ4v) is 5.24. The molecule has 0 radical (unpaired) electrons. The summed E-state index contributed by atoms with van der Waals surface area (Å²) in [5, 5.41) is 2.61. The number of pyridine rings is 1. The Hall–Kier alpha value is -2.20. The van der Waals surface area contributed by atoms with Crippen LogP contribution in [0.25, 0.3) is 0 Å². The Morgan fingerprint density at radius 2 is 2.07 bits per heavy atom. The van der Waals surface area contributed by atoms with Gasteiger partial charge in [-0.3, -0.25) is 9.78 Å².